The smallest absolute Gasteiger partial charge is 0.191 e. The molecular formula is C22H33N5OS. The van der Waals surface area contributed by atoms with E-state index in [9.17, 15) is 0 Å². The number of rotatable bonds is 8. The maximum absolute atomic E-state index is 5.47. The van der Waals surface area contributed by atoms with Crippen molar-refractivity contribution in [1.82, 2.24) is 20.4 Å². The summed E-state index contributed by atoms with van der Waals surface area (Å²) >= 11 is 1.79. The van der Waals surface area contributed by atoms with Gasteiger partial charge in [0.15, 0.2) is 5.96 Å². The van der Waals surface area contributed by atoms with Gasteiger partial charge >= 0.3 is 0 Å². The highest BCUT2D eigenvalue weighted by Crippen LogP contribution is 2.22. The maximum atomic E-state index is 5.47. The Morgan fingerprint density at radius 1 is 1.14 bits per heavy atom. The lowest BCUT2D eigenvalue weighted by atomic mass is 10.1. The second-order valence-electron chi connectivity index (χ2n) is 7.46. The van der Waals surface area contributed by atoms with Gasteiger partial charge in [0.2, 0.25) is 0 Å². The molecule has 6 nitrogen and oxygen atoms in total. The summed E-state index contributed by atoms with van der Waals surface area (Å²) in [6.07, 6.45) is 0. The molecule has 0 amide bonds. The molecule has 1 unspecified atom stereocenters. The van der Waals surface area contributed by atoms with Gasteiger partial charge in [-0.3, -0.25) is 9.89 Å². The summed E-state index contributed by atoms with van der Waals surface area (Å²) in [6.45, 7) is 6.19. The van der Waals surface area contributed by atoms with Crippen molar-refractivity contribution in [3.05, 3.63) is 57.8 Å². The summed E-state index contributed by atoms with van der Waals surface area (Å²) in [5.74, 6) is 0.828. The molecule has 1 saturated heterocycles. The molecule has 158 valence electrons. The summed E-state index contributed by atoms with van der Waals surface area (Å²) in [5, 5.41) is 9.10. The highest BCUT2D eigenvalue weighted by molar-refractivity contribution is 7.10. The van der Waals surface area contributed by atoms with Crippen LogP contribution < -0.4 is 10.6 Å². The maximum Gasteiger partial charge on any atom is 0.191 e. The van der Waals surface area contributed by atoms with Crippen LogP contribution in [0.1, 0.15) is 22.0 Å². The quantitative estimate of drug-likeness (QED) is 0.513. The monoisotopic (exact) mass is 415 g/mol. The molecule has 2 aromatic rings. The Bertz CT molecular complexity index is 756. The minimum atomic E-state index is 0.321. The van der Waals surface area contributed by atoms with Crippen LogP contribution >= 0.6 is 11.3 Å². The van der Waals surface area contributed by atoms with Crippen molar-refractivity contribution in [2.24, 2.45) is 4.99 Å². The molecule has 0 saturated carbocycles. The first kappa shape index (κ1) is 21.8. The highest BCUT2D eigenvalue weighted by Gasteiger charge is 2.16. The van der Waals surface area contributed by atoms with E-state index in [-0.39, 0.29) is 0 Å². The molecule has 2 heterocycles. The average Bonchev–Trinajstić information content (AvgIpc) is 3.26. The molecular weight excluding hydrogens is 382 g/mol. The Labute approximate surface area is 178 Å². The fraction of sp³-hybridized carbons (Fsp3) is 0.500. The van der Waals surface area contributed by atoms with Gasteiger partial charge in [-0.2, -0.15) is 0 Å². The summed E-state index contributed by atoms with van der Waals surface area (Å²) in [7, 11) is 6.05. The van der Waals surface area contributed by atoms with Gasteiger partial charge in [0, 0.05) is 44.6 Å². The highest BCUT2D eigenvalue weighted by atomic mass is 32.1. The topological polar surface area (TPSA) is 52.1 Å². The normalized spacial score (nSPS) is 16.8. The first-order chi connectivity index (χ1) is 14.2. The fourth-order valence-corrected chi connectivity index (χ4v) is 4.42. The number of ether oxygens (including phenoxy) is 1. The Kier molecular flexibility index (Phi) is 8.49. The van der Waals surface area contributed by atoms with Gasteiger partial charge in [0.25, 0.3) is 0 Å². The molecule has 0 radical (unpaired) electrons. The molecule has 0 aliphatic carbocycles. The van der Waals surface area contributed by atoms with E-state index in [2.05, 4.69) is 81.3 Å². The molecule has 1 aliphatic rings. The SMILES string of the molecule is CN=C(NCc1ccccc1CN1CCOCC1)NCC(c1cccs1)N(C)C. The lowest BCUT2D eigenvalue weighted by molar-refractivity contribution is 0.0341. The second kappa shape index (κ2) is 11.3. The molecule has 0 bridgehead atoms. The van der Waals surface area contributed by atoms with Gasteiger partial charge in [-0.05, 0) is 36.7 Å². The Morgan fingerprint density at radius 3 is 2.55 bits per heavy atom. The standard InChI is InChI=1S/C22H33N5OS/c1-23-22(25-16-20(26(2)3)21-9-6-14-29-21)24-15-18-7-4-5-8-19(18)17-27-10-12-28-13-11-27/h4-9,14,20H,10-13,15-17H2,1-3H3,(H2,23,24,25). The summed E-state index contributed by atoms with van der Waals surface area (Å²) in [6, 6.07) is 13.3. The van der Waals surface area contributed by atoms with Crippen molar-refractivity contribution in [3.63, 3.8) is 0 Å². The van der Waals surface area contributed by atoms with Crippen molar-refractivity contribution in [3.8, 4) is 0 Å². The molecule has 1 aromatic heterocycles. The van der Waals surface area contributed by atoms with E-state index < -0.39 is 0 Å². The van der Waals surface area contributed by atoms with E-state index in [0.717, 1.165) is 51.9 Å². The number of guanidine groups is 1. The predicted octanol–water partition coefficient (Wildman–Crippen LogP) is 2.55. The van der Waals surface area contributed by atoms with Crippen LogP contribution in [0, 0.1) is 0 Å². The van der Waals surface area contributed by atoms with Gasteiger partial charge in [-0.15, -0.1) is 11.3 Å². The third-order valence-corrected chi connectivity index (χ3v) is 6.22. The van der Waals surface area contributed by atoms with Crippen LogP contribution in [0.4, 0.5) is 0 Å². The summed E-state index contributed by atoms with van der Waals surface area (Å²) in [5.41, 5.74) is 2.67. The molecule has 0 spiro atoms. The Morgan fingerprint density at radius 2 is 1.90 bits per heavy atom. The molecule has 2 N–H and O–H groups in total. The molecule has 3 rings (SSSR count). The number of nitrogens with one attached hydrogen (secondary N) is 2. The molecule has 29 heavy (non-hydrogen) atoms. The number of hydrogen-bond donors (Lipinski definition) is 2. The first-order valence-corrected chi connectivity index (χ1v) is 11.1. The fourth-order valence-electron chi connectivity index (χ4n) is 3.50. The van der Waals surface area contributed by atoms with Crippen LogP contribution in [0.25, 0.3) is 0 Å². The van der Waals surface area contributed by atoms with Crippen molar-refractivity contribution in [2.75, 3.05) is 54.0 Å². The largest absolute Gasteiger partial charge is 0.379 e. The lowest BCUT2D eigenvalue weighted by Gasteiger charge is -2.27. The van der Waals surface area contributed by atoms with Crippen LogP contribution in [0.15, 0.2) is 46.8 Å². The third-order valence-electron chi connectivity index (χ3n) is 5.24. The zero-order chi connectivity index (χ0) is 20.5. The van der Waals surface area contributed by atoms with Crippen LogP contribution in [-0.2, 0) is 17.8 Å². The number of benzene rings is 1. The number of morpholine rings is 1. The van der Waals surface area contributed by atoms with Gasteiger partial charge in [0.1, 0.15) is 0 Å². The molecule has 1 aliphatic heterocycles. The van der Waals surface area contributed by atoms with E-state index >= 15 is 0 Å². The van der Waals surface area contributed by atoms with Gasteiger partial charge in [-0.1, -0.05) is 30.3 Å². The number of likely N-dealkylation sites (N-methyl/N-ethyl adjacent to an activating group) is 1. The van der Waals surface area contributed by atoms with E-state index in [4.69, 9.17) is 4.74 Å². The number of thiophene rings is 1. The zero-order valence-corrected chi connectivity index (χ0v) is 18.5. The van der Waals surface area contributed by atoms with E-state index in [1.54, 1.807) is 11.3 Å². The molecule has 1 atom stereocenters. The minimum Gasteiger partial charge on any atom is -0.379 e. The Balaban J connectivity index is 1.55. The van der Waals surface area contributed by atoms with Crippen LogP contribution in [0.5, 0.6) is 0 Å². The Hall–Kier alpha value is -1.93. The van der Waals surface area contributed by atoms with Crippen molar-refractivity contribution in [1.29, 1.82) is 0 Å². The first-order valence-electron chi connectivity index (χ1n) is 10.2. The summed E-state index contributed by atoms with van der Waals surface area (Å²) < 4.78 is 5.47. The van der Waals surface area contributed by atoms with E-state index in [0.29, 0.717) is 6.04 Å². The van der Waals surface area contributed by atoms with Gasteiger partial charge in [-0.25, -0.2) is 0 Å². The number of aliphatic imine (C=N–C) groups is 1. The molecule has 1 fully saturated rings. The van der Waals surface area contributed by atoms with Gasteiger partial charge < -0.3 is 20.3 Å². The predicted molar refractivity (Wildman–Crippen MR) is 121 cm³/mol. The van der Waals surface area contributed by atoms with Crippen molar-refractivity contribution >= 4 is 17.3 Å². The van der Waals surface area contributed by atoms with Crippen LogP contribution in [-0.4, -0.2) is 69.8 Å². The zero-order valence-electron chi connectivity index (χ0n) is 17.7. The third kappa shape index (κ3) is 6.54. The van der Waals surface area contributed by atoms with E-state index in [1.807, 2.05) is 7.05 Å². The molecule has 1 aromatic carbocycles. The van der Waals surface area contributed by atoms with Crippen LogP contribution in [0.3, 0.4) is 0 Å². The average molecular weight is 416 g/mol. The molecule has 7 heteroatoms. The second-order valence-corrected chi connectivity index (χ2v) is 8.44. The van der Waals surface area contributed by atoms with Crippen molar-refractivity contribution < 1.29 is 4.74 Å². The van der Waals surface area contributed by atoms with Crippen LogP contribution in [0.2, 0.25) is 0 Å². The summed E-state index contributed by atoms with van der Waals surface area (Å²) in [4.78, 5) is 10.5. The van der Waals surface area contributed by atoms with E-state index in [1.165, 1.54) is 16.0 Å². The number of hydrogen-bond acceptors (Lipinski definition) is 5. The lowest BCUT2D eigenvalue weighted by Crippen LogP contribution is -2.41. The minimum absolute atomic E-state index is 0.321. The number of nitrogens with zero attached hydrogens (tertiary/aromatic N) is 3. The van der Waals surface area contributed by atoms with Gasteiger partial charge in [0.05, 0.1) is 19.3 Å². The van der Waals surface area contributed by atoms with Crippen molar-refractivity contribution in [2.45, 2.75) is 19.1 Å².